The molecule has 3 aromatic rings. The van der Waals surface area contributed by atoms with Gasteiger partial charge in [0.2, 0.25) is 0 Å². The molecule has 10 nitrogen and oxygen atoms in total. The minimum Gasteiger partial charge on any atom is -0.493 e. The molecule has 1 atom stereocenters. The maximum atomic E-state index is 12.4. The summed E-state index contributed by atoms with van der Waals surface area (Å²) in [5.74, 6) is -0.393. The molecule has 0 saturated carbocycles. The van der Waals surface area contributed by atoms with Crippen molar-refractivity contribution < 1.29 is 23.8 Å². The Balaban J connectivity index is 1.63. The monoisotopic (exact) mass is 412 g/mol. The second kappa shape index (κ2) is 9.03. The zero-order valence-corrected chi connectivity index (χ0v) is 16.6. The summed E-state index contributed by atoms with van der Waals surface area (Å²) in [4.78, 5) is 36.9. The van der Waals surface area contributed by atoms with Crippen molar-refractivity contribution in [2.75, 3.05) is 19.5 Å². The van der Waals surface area contributed by atoms with Gasteiger partial charge in [0.1, 0.15) is 12.1 Å². The number of methoxy groups -OCH3 is 2. The normalized spacial score (nSPS) is 11.6. The van der Waals surface area contributed by atoms with E-state index in [0.29, 0.717) is 28.1 Å². The molecule has 0 aliphatic heterocycles. The molecule has 0 spiro atoms. The van der Waals surface area contributed by atoms with Crippen LogP contribution in [0.5, 0.6) is 11.5 Å². The topological polar surface area (TPSA) is 122 Å². The number of carbonyl (C=O) groups is 2. The molecule has 1 N–H and O–H groups in total. The molecule has 0 radical (unpaired) electrons. The van der Waals surface area contributed by atoms with Gasteiger partial charge >= 0.3 is 5.97 Å². The van der Waals surface area contributed by atoms with Gasteiger partial charge in [0.15, 0.2) is 17.6 Å². The minimum absolute atomic E-state index is 0.333. The van der Waals surface area contributed by atoms with Crippen LogP contribution in [0.25, 0.3) is 10.9 Å². The summed E-state index contributed by atoms with van der Waals surface area (Å²) in [6.45, 7) is 0.952. The molecule has 3 rings (SSSR count). The number of carbonyl (C=O) groups excluding carboxylic acids is 2. The molecule has 0 saturated heterocycles. The van der Waals surface area contributed by atoms with E-state index in [1.54, 1.807) is 42.5 Å². The Morgan fingerprint density at radius 3 is 2.57 bits per heavy atom. The SMILES string of the molecule is COc1ccc(NC(=O)C(C)OC(=O)Cn2nnc3ccccc3c2=O)cc1OC. The lowest BCUT2D eigenvalue weighted by atomic mass is 10.2. The van der Waals surface area contributed by atoms with Gasteiger partial charge in [0.05, 0.1) is 19.6 Å². The highest BCUT2D eigenvalue weighted by Crippen LogP contribution is 2.29. The third-order valence-corrected chi connectivity index (χ3v) is 4.24. The predicted octanol–water partition coefficient (Wildman–Crippen LogP) is 1.38. The van der Waals surface area contributed by atoms with E-state index in [1.807, 2.05) is 0 Å². The Hall–Kier alpha value is -3.95. The third-order valence-electron chi connectivity index (χ3n) is 4.24. The molecule has 10 heteroatoms. The van der Waals surface area contributed by atoms with E-state index < -0.39 is 30.1 Å². The van der Waals surface area contributed by atoms with Crippen molar-refractivity contribution in [3.8, 4) is 11.5 Å². The Bertz CT molecular complexity index is 1140. The zero-order valence-electron chi connectivity index (χ0n) is 16.6. The van der Waals surface area contributed by atoms with Gasteiger partial charge in [-0.3, -0.25) is 14.4 Å². The highest BCUT2D eigenvalue weighted by molar-refractivity contribution is 5.95. The Morgan fingerprint density at radius 2 is 1.83 bits per heavy atom. The van der Waals surface area contributed by atoms with Gasteiger partial charge in [-0.05, 0) is 31.2 Å². The van der Waals surface area contributed by atoms with E-state index in [4.69, 9.17) is 14.2 Å². The van der Waals surface area contributed by atoms with Crippen LogP contribution in [0, 0.1) is 0 Å². The second-order valence-electron chi connectivity index (χ2n) is 6.26. The Kier molecular flexibility index (Phi) is 6.26. The fourth-order valence-corrected chi connectivity index (χ4v) is 2.70. The summed E-state index contributed by atoms with van der Waals surface area (Å²) in [6.07, 6.45) is -1.10. The standard InChI is InChI=1S/C20H20N4O6/c1-12(19(26)21-13-8-9-16(28-2)17(10-13)29-3)30-18(25)11-24-20(27)14-6-4-5-7-15(14)22-23-24/h4-10,12H,11H2,1-3H3,(H,21,26). The molecule has 1 heterocycles. The molecule has 156 valence electrons. The van der Waals surface area contributed by atoms with Crippen LogP contribution in [0.2, 0.25) is 0 Å². The number of amides is 1. The fraction of sp³-hybridized carbons (Fsp3) is 0.250. The van der Waals surface area contributed by atoms with Crippen molar-refractivity contribution in [1.82, 2.24) is 15.0 Å². The van der Waals surface area contributed by atoms with Crippen LogP contribution in [-0.4, -0.2) is 47.2 Å². The first-order valence-electron chi connectivity index (χ1n) is 8.98. The number of hydrogen-bond acceptors (Lipinski definition) is 8. The second-order valence-corrected chi connectivity index (χ2v) is 6.26. The highest BCUT2D eigenvalue weighted by atomic mass is 16.5. The lowest BCUT2D eigenvalue weighted by molar-refractivity contribution is -0.154. The van der Waals surface area contributed by atoms with E-state index in [9.17, 15) is 14.4 Å². The van der Waals surface area contributed by atoms with Crippen molar-refractivity contribution in [2.24, 2.45) is 0 Å². The molecular weight excluding hydrogens is 392 g/mol. The molecule has 1 aromatic heterocycles. The number of esters is 1. The van der Waals surface area contributed by atoms with Crippen LogP contribution in [0.15, 0.2) is 47.3 Å². The number of aromatic nitrogens is 3. The minimum atomic E-state index is -1.10. The number of nitrogens with one attached hydrogen (secondary N) is 1. The van der Waals surface area contributed by atoms with E-state index in [2.05, 4.69) is 15.6 Å². The largest absolute Gasteiger partial charge is 0.493 e. The van der Waals surface area contributed by atoms with E-state index in [-0.39, 0.29) is 0 Å². The van der Waals surface area contributed by atoms with Crippen molar-refractivity contribution >= 4 is 28.5 Å². The molecule has 0 aliphatic carbocycles. The summed E-state index contributed by atoms with van der Waals surface area (Å²) in [5, 5.41) is 10.6. The quantitative estimate of drug-likeness (QED) is 0.578. The molecule has 0 aliphatic rings. The number of anilines is 1. The number of nitrogens with zero attached hydrogens (tertiary/aromatic N) is 3. The van der Waals surface area contributed by atoms with Crippen LogP contribution in [0.3, 0.4) is 0 Å². The van der Waals surface area contributed by atoms with E-state index in [0.717, 1.165) is 4.68 Å². The number of fused-ring (bicyclic) bond motifs is 1. The lowest BCUT2D eigenvalue weighted by Gasteiger charge is -2.15. The van der Waals surface area contributed by atoms with Crippen molar-refractivity contribution in [3.63, 3.8) is 0 Å². The van der Waals surface area contributed by atoms with Gasteiger partial charge in [-0.15, -0.1) is 5.10 Å². The van der Waals surface area contributed by atoms with Crippen LogP contribution in [0.1, 0.15) is 6.92 Å². The van der Waals surface area contributed by atoms with Gasteiger partial charge in [0.25, 0.3) is 11.5 Å². The van der Waals surface area contributed by atoms with Gasteiger partial charge < -0.3 is 19.5 Å². The highest BCUT2D eigenvalue weighted by Gasteiger charge is 2.20. The molecule has 2 aromatic carbocycles. The first-order valence-corrected chi connectivity index (χ1v) is 8.98. The maximum Gasteiger partial charge on any atom is 0.328 e. The molecule has 1 unspecified atom stereocenters. The van der Waals surface area contributed by atoms with Crippen molar-refractivity contribution in [2.45, 2.75) is 19.6 Å². The number of ether oxygens (including phenoxy) is 3. The lowest BCUT2D eigenvalue weighted by Crippen LogP contribution is -2.34. The Labute approximate surface area is 171 Å². The van der Waals surface area contributed by atoms with Crippen LogP contribution in [0.4, 0.5) is 5.69 Å². The fourth-order valence-electron chi connectivity index (χ4n) is 2.70. The molecule has 0 fully saturated rings. The van der Waals surface area contributed by atoms with E-state index >= 15 is 0 Å². The zero-order chi connectivity index (χ0) is 21.7. The van der Waals surface area contributed by atoms with Crippen LogP contribution < -0.4 is 20.3 Å². The van der Waals surface area contributed by atoms with Gasteiger partial charge in [-0.2, -0.15) is 4.68 Å². The first-order chi connectivity index (χ1) is 14.4. The van der Waals surface area contributed by atoms with Gasteiger partial charge in [0, 0.05) is 11.8 Å². The van der Waals surface area contributed by atoms with Gasteiger partial charge in [-0.25, -0.2) is 0 Å². The van der Waals surface area contributed by atoms with Gasteiger partial charge in [-0.1, -0.05) is 17.3 Å². The van der Waals surface area contributed by atoms with E-state index in [1.165, 1.54) is 21.1 Å². The first kappa shape index (κ1) is 20.8. The summed E-state index contributed by atoms with van der Waals surface area (Å²) >= 11 is 0. The summed E-state index contributed by atoms with van der Waals surface area (Å²) in [7, 11) is 2.98. The molecule has 1 amide bonds. The molecule has 30 heavy (non-hydrogen) atoms. The summed E-state index contributed by atoms with van der Waals surface area (Å²) < 4.78 is 16.3. The van der Waals surface area contributed by atoms with Crippen molar-refractivity contribution in [1.29, 1.82) is 0 Å². The summed E-state index contributed by atoms with van der Waals surface area (Å²) in [5.41, 5.74) is 0.395. The number of benzene rings is 2. The van der Waals surface area contributed by atoms with Crippen LogP contribution in [-0.2, 0) is 20.9 Å². The third kappa shape index (κ3) is 4.54. The molecular formula is C20H20N4O6. The average Bonchev–Trinajstić information content (AvgIpc) is 2.75. The average molecular weight is 412 g/mol. The van der Waals surface area contributed by atoms with Crippen LogP contribution >= 0.6 is 0 Å². The molecule has 0 bridgehead atoms. The maximum absolute atomic E-state index is 12.4. The number of hydrogen-bond donors (Lipinski definition) is 1. The predicted molar refractivity (Wildman–Crippen MR) is 108 cm³/mol. The number of rotatable bonds is 7. The summed E-state index contributed by atoms with van der Waals surface area (Å²) in [6, 6.07) is 11.5. The van der Waals surface area contributed by atoms with Crippen molar-refractivity contribution in [3.05, 3.63) is 52.8 Å². The smallest absolute Gasteiger partial charge is 0.328 e. The Morgan fingerprint density at radius 1 is 1.10 bits per heavy atom.